The number of guanidine groups is 1. The predicted octanol–water partition coefficient (Wildman–Crippen LogP) is 3.51. The lowest BCUT2D eigenvalue weighted by Gasteiger charge is -2.28. The molecule has 1 aliphatic heterocycles. The van der Waals surface area contributed by atoms with E-state index in [0.717, 1.165) is 44.3 Å². The zero-order valence-electron chi connectivity index (χ0n) is 17.3. The van der Waals surface area contributed by atoms with Crippen molar-refractivity contribution in [2.24, 2.45) is 10.9 Å². The first kappa shape index (κ1) is 20.5. The van der Waals surface area contributed by atoms with Crippen LogP contribution in [0.15, 0.2) is 47.5 Å². The van der Waals surface area contributed by atoms with Crippen LogP contribution in [0.2, 0.25) is 0 Å². The van der Waals surface area contributed by atoms with Crippen molar-refractivity contribution in [3.63, 3.8) is 0 Å². The van der Waals surface area contributed by atoms with Crippen molar-refractivity contribution >= 4 is 16.7 Å². The van der Waals surface area contributed by atoms with Gasteiger partial charge in [-0.25, -0.2) is 0 Å². The average molecular weight is 383 g/mol. The Kier molecular flexibility index (Phi) is 7.97. The molecule has 1 heterocycles. The van der Waals surface area contributed by atoms with Crippen LogP contribution in [-0.4, -0.2) is 57.2 Å². The summed E-state index contributed by atoms with van der Waals surface area (Å²) in [4.78, 5) is 7.20. The number of piperidine rings is 1. The van der Waals surface area contributed by atoms with E-state index in [1.165, 1.54) is 30.2 Å². The van der Waals surface area contributed by atoms with Gasteiger partial charge in [-0.1, -0.05) is 30.3 Å². The third kappa shape index (κ3) is 6.41. The number of aliphatic imine (C=N–C) groups is 1. The topological polar surface area (TPSA) is 48.9 Å². The van der Waals surface area contributed by atoms with Gasteiger partial charge in [-0.05, 0) is 68.6 Å². The van der Waals surface area contributed by atoms with Crippen LogP contribution in [0.5, 0.6) is 5.75 Å². The highest BCUT2D eigenvalue weighted by Crippen LogP contribution is 2.20. The van der Waals surface area contributed by atoms with Crippen LogP contribution in [0, 0.1) is 5.92 Å². The number of rotatable bonds is 8. The summed E-state index contributed by atoms with van der Waals surface area (Å²) in [5.41, 5.74) is 0. The monoisotopic (exact) mass is 382 g/mol. The first-order valence-electron chi connectivity index (χ1n) is 10.6. The minimum atomic E-state index is 0.672. The van der Waals surface area contributed by atoms with Gasteiger partial charge >= 0.3 is 0 Å². The van der Waals surface area contributed by atoms with Crippen molar-refractivity contribution in [1.29, 1.82) is 0 Å². The van der Waals surface area contributed by atoms with Gasteiger partial charge in [0.2, 0.25) is 0 Å². The van der Waals surface area contributed by atoms with Crippen LogP contribution in [-0.2, 0) is 0 Å². The lowest BCUT2D eigenvalue weighted by Crippen LogP contribution is -2.39. The van der Waals surface area contributed by atoms with Gasteiger partial charge in [-0.3, -0.25) is 4.99 Å². The van der Waals surface area contributed by atoms with Crippen LogP contribution in [0.4, 0.5) is 0 Å². The van der Waals surface area contributed by atoms with Crippen LogP contribution >= 0.6 is 0 Å². The molecule has 2 aromatic carbocycles. The standard InChI is InChI=1S/C23H34N4O/c1-3-24-23(26-17-19-8-6-14-27(2)18-19)25-13-7-15-28-22-12-11-20-9-4-5-10-21(20)16-22/h4-5,9-12,16,19H,3,6-8,13-15,17-18H2,1-2H3,(H2,24,25,26). The molecule has 0 aromatic heterocycles. The van der Waals surface area contributed by atoms with E-state index >= 15 is 0 Å². The number of hydrogen-bond acceptors (Lipinski definition) is 3. The first-order valence-corrected chi connectivity index (χ1v) is 10.6. The fraction of sp³-hybridized carbons (Fsp3) is 0.522. The summed E-state index contributed by atoms with van der Waals surface area (Å²) in [7, 11) is 2.20. The van der Waals surface area contributed by atoms with Crippen molar-refractivity contribution in [1.82, 2.24) is 15.5 Å². The summed E-state index contributed by atoms with van der Waals surface area (Å²) in [6.45, 7) is 7.80. The van der Waals surface area contributed by atoms with E-state index in [9.17, 15) is 0 Å². The Bertz CT molecular complexity index is 761. The second-order valence-electron chi connectivity index (χ2n) is 7.63. The Morgan fingerprint density at radius 2 is 2.04 bits per heavy atom. The molecule has 1 saturated heterocycles. The molecule has 0 amide bonds. The van der Waals surface area contributed by atoms with Gasteiger partial charge in [0.15, 0.2) is 5.96 Å². The molecule has 1 aliphatic rings. The van der Waals surface area contributed by atoms with Gasteiger partial charge in [0.25, 0.3) is 0 Å². The summed E-state index contributed by atoms with van der Waals surface area (Å²) < 4.78 is 5.92. The van der Waals surface area contributed by atoms with Crippen molar-refractivity contribution in [2.45, 2.75) is 26.2 Å². The molecule has 2 aromatic rings. The molecular weight excluding hydrogens is 348 g/mol. The minimum absolute atomic E-state index is 0.672. The minimum Gasteiger partial charge on any atom is -0.494 e. The Morgan fingerprint density at radius 1 is 1.18 bits per heavy atom. The summed E-state index contributed by atoms with van der Waals surface area (Å²) in [6, 6.07) is 14.6. The maximum atomic E-state index is 5.92. The van der Waals surface area contributed by atoms with E-state index < -0.39 is 0 Å². The second kappa shape index (κ2) is 10.9. The summed E-state index contributed by atoms with van der Waals surface area (Å²) in [6.07, 6.45) is 3.50. The van der Waals surface area contributed by atoms with Crippen molar-refractivity contribution in [3.8, 4) is 5.75 Å². The largest absolute Gasteiger partial charge is 0.494 e. The van der Waals surface area contributed by atoms with Gasteiger partial charge < -0.3 is 20.3 Å². The average Bonchev–Trinajstić information content (AvgIpc) is 2.71. The smallest absolute Gasteiger partial charge is 0.191 e. The molecule has 0 saturated carbocycles. The highest BCUT2D eigenvalue weighted by Gasteiger charge is 2.16. The lowest BCUT2D eigenvalue weighted by molar-refractivity contribution is 0.214. The molecule has 2 N–H and O–H groups in total. The van der Waals surface area contributed by atoms with E-state index in [0.29, 0.717) is 12.5 Å². The van der Waals surface area contributed by atoms with Gasteiger partial charge in [0, 0.05) is 26.2 Å². The molecule has 3 rings (SSSR count). The third-order valence-electron chi connectivity index (χ3n) is 5.18. The van der Waals surface area contributed by atoms with Gasteiger partial charge in [-0.2, -0.15) is 0 Å². The third-order valence-corrected chi connectivity index (χ3v) is 5.18. The van der Waals surface area contributed by atoms with Crippen molar-refractivity contribution in [3.05, 3.63) is 42.5 Å². The summed E-state index contributed by atoms with van der Waals surface area (Å²) in [5, 5.41) is 9.24. The Morgan fingerprint density at radius 3 is 2.86 bits per heavy atom. The van der Waals surface area contributed by atoms with E-state index in [-0.39, 0.29) is 0 Å². The molecule has 0 bridgehead atoms. The fourth-order valence-corrected chi connectivity index (χ4v) is 3.71. The molecule has 1 atom stereocenters. The van der Waals surface area contributed by atoms with Crippen molar-refractivity contribution in [2.75, 3.05) is 46.4 Å². The van der Waals surface area contributed by atoms with Crippen LogP contribution < -0.4 is 15.4 Å². The molecule has 28 heavy (non-hydrogen) atoms. The number of ether oxygens (including phenoxy) is 1. The molecule has 0 aliphatic carbocycles. The molecule has 5 nitrogen and oxygen atoms in total. The maximum Gasteiger partial charge on any atom is 0.191 e. The number of benzene rings is 2. The van der Waals surface area contributed by atoms with E-state index in [2.05, 4.69) is 65.9 Å². The van der Waals surface area contributed by atoms with Crippen LogP contribution in [0.25, 0.3) is 10.8 Å². The van der Waals surface area contributed by atoms with Crippen molar-refractivity contribution < 1.29 is 4.74 Å². The summed E-state index contributed by atoms with van der Waals surface area (Å²) in [5.74, 6) is 2.52. The maximum absolute atomic E-state index is 5.92. The van der Waals surface area contributed by atoms with E-state index in [4.69, 9.17) is 9.73 Å². The number of nitrogens with zero attached hydrogens (tertiary/aromatic N) is 2. The van der Waals surface area contributed by atoms with Gasteiger partial charge in [-0.15, -0.1) is 0 Å². The molecule has 0 radical (unpaired) electrons. The Labute approximate surface area is 169 Å². The molecular formula is C23H34N4O. The highest BCUT2D eigenvalue weighted by molar-refractivity contribution is 5.83. The van der Waals surface area contributed by atoms with Crippen LogP contribution in [0.1, 0.15) is 26.2 Å². The Balaban J connectivity index is 1.39. The predicted molar refractivity (Wildman–Crippen MR) is 118 cm³/mol. The quantitative estimate of drug-likeness (QED) is 0.417. The molecule has 1 fully saturated rings. The number of likely N-dealkylation sites (tertiary alicyclic amines) is 1. The van der Waals surface area contributed by atoms with E-state index in [1.54, 1.807) is 0 Å². The number of nitrogens with one attached hydrogen (secondary N) is 2. The van der Waals surface area contributed by atoms with Crippen LogP contribution in [0.3, 0.4) is 0 Å². The number of fused-ring (bicyclic) bond motifs is 1. The summed E-state index contributed by atoms with van der Waals surface area (Å²) >= 11 is 0. The van der Waals surface area contributed by atoms with E-state index in [1.807, 2.05) is 6.07 Å². The first-order chi connectivity index (χ1) is 13.7. The highest BCUT2D eigenvalue weighted by atomic mass is 16.5. The molecule has 152 valence electrons. The Hall–Kier alpha value is -2.27. The lowest BCUT2D eigenvalue weighted by atomic mass is 9.99. The normalized spacial score (nSPS) is 18.2. The van der Waals surface area contributed by atoms with Gasteiger partial charge in [0.1, 0.15) is 5.75 Å². The zero-order chi connectivity index (χ0) is 19.6. The van der Waals surface area contributed by atoms with Gasteiger partial charge in [0.05, 0.1) is 6.61 Å². The molecule has 0 spiro atoms. The zero-order valence-corrected chi connectivity index (χ0v) is 17.3. The number of hydrogen-bond donors (Lipinski definition) is 2. The molecule has 1 unspecified atom stereocenters. The fourth-order valence-electron chi connectivity index (χ4n) is 3.71. The second-order valence-corrected chi connectivity index (χ2v) is 7.63. The SMILES string of the molecule is CCNC(=NCC1CCCN(C)C1)NCCCOc1ccc2ccccc2c1. The molecule has 5 heteroatoms.